The average Bonchev–Trinajstić information content (AvgIpc) is 2.56. The minimum absolute atomic E-state index is 0.274. The van der Waals surface area contributed by atoms with Gasteiger partial charge in [0.05, 0.1) is 0 Å². The standard InChI is InChI=1S/C11H15N3O.C8H9N/c1-4-8(2)13-11(15)14-10-7-5-6-9(3)12-10;1-7(2)8-4-3-5-9-6-8/h4-7H,1-3H3,(H2,12,13,14,15);3-6H,1H2,2H3/b8-4+;. The molecule has 0 atom stereocenters. The van der Waals surface area contributed by atoms with Crippen molar-refractivity contribution in [3.05, 3.63) is 72.3 Å². The van der Waals surface area contributed by atoms with E-state index in [9.17, 15) is 4.79 Å². The summed E-state index contributed by atoms with van der Waals surface area (Å²) in [4.78, 5) is 19.5. The average molecular weight is 324 g/mol. The number of pyridine rings is 2. The van der Waals surface area contributed by atoms with Crippen molar-refractivity contribution in [2.24, 2.45) is 0 Å². The first-order chi connectivity index (χ1) is 11.4. The Hall–Kier alpha value is -2.95. The van der Waals surface area contributed by atoms with E-state index >= 15 is 0 Å². The summed E-state index contributed by atoms with van der Waals surface area (Å²) in [5.74, 6) is 0.552. The lowest BCUT2D eigenvalue weighted by atomic mass is 10.2. The van der Waals surface area contributed by atoms with Crippen molar-refractivity contribution in [1.82, 2.24) is 15.3 Å². The predicted molar refractivity (Wildman–Crippen MR) is 99.5 cm³/mol. The molecular formula is C19H24N4O. The van der Waals surface area contributed by atoms with Gasteiger partial charge in [0.15, 0.2) is 0 Å². The molecule has 0 unspecified atom stereocenters. The zero-order valence-electron chi connectivity index (χ0n) is 14.6. The van der Waals surface area contributed by atoms with E-state index in [2.05, 4.69) is 27.2 Å². The van der Waals surface area contributed by atoms with Crippen LogP contribution in [0, 0.1) is 6.92 Å². The van der Waals surface area contributed by atoms with E-state index in [1.54, 1.807) is 12.3 Å². The highest BCUT2D eigenvalue weighted by molar-refractivity contribution is 5.89. The number of nitrogens with one attached hydrogen (secondary N) is 2. The van der Waals surface area contributed by atoms with Crippen molar-refractivity contribution in [1.29, 1.82) is 0 Å². The molecule has 0 bridgehead atoms. The molecule has 0 aromatic carbocycles. The highest BCUT2D eigenvalue weighted by atomic mass is 16.2. The molecule has 5 heteroatoms. The number of amides is 2. The molecule has 0 fully saturated rings. The third kappa shape index (κ3) is 7.35. The van der Waals surface area contributed by atoms with Gasteiger partial charge in [-0.3, -0.25) is 10.3 Å². The van der Waals surface area contributed by atoms with Gasteiger partial charge in [0.1, 0.15) is 5.82 Å². The summed E-state index contributed by atoms with van der Waals surface area (Å²) in [6.45, 7) is 11.3. The van der Waals surface area contributed by atoms with Crippen LogP contribution >= 0.6 is 0 Å². The lowest BCUT2D eigenvalue weighted by Gasteiger charge is -2.06. The van der Waals surface area contributed by atoms with Gasteiger partial charge in [0.25, 0.3) is 0 Å². The van der Waals surface area contributed by atoms with Crippen LogP contribution in [0.1, 0.15) is 32.0 Å². The minimum Gasteiger partial charge on any atom is -0.312 e. The van der Waals surface area contributed by atoms with Crippen LogP contribution in [-0.2, 0) is 0 Å². The molecule has 2 aromatic rings. The molecule has 0 aliphatic rings. The van der Waals surface area contributed by atoms with E-state index < -0.39 is 0 Å². The van der Waals surface area contributed by atoms with Crippen molar-refractivity contribution >= 4 is 17.4 Å². The smallest absolute Gasteiger partial charge is 0.312 e. The lowest BCUT2D eigenvalue weighted by molar-refractivity contribution is 0.254. The fourth-order valence-corrected chi connectivity index (χ4v) is 1.63. The molecule has 2 aromatic heterocycles. The maximum absolute atomic E-state index is 11.4. The molecule has 5 nitrogen and oxygen atoms in total. The van der Waals surface area contributed by atoms with Gasteiger partial charge in [-0.05, 0) is 57.0 Å². The largest absolute Gasteiger partial charge is 0.324 e. The summed E-state index contributed by atoms with van der Waals surface area (Å²) in [5.41, 5.74) is 3.84. The van der Waals surface area contributed by atoms with Gasteiger partial charge in [-0.2, -0.15) is 0 Å². The second kappa shape index (κ2) is 9.94. The Morgan fingerprint density at radius 1 is 1.21 bits per heavy atom. The van der Waals surface area contributed by atoms with Crippen LogP contribution in [0.2, 0.25) is 0 Å². The van der Waals surface area contributed by atoms with Gasteiger partial charge in [0.2, 0.25) is 0 Å². The molecule has 24 heavy (non-hydrogen) atoms. The first kappa shape index (κ1) is 19.1. The van der Waals surface area contributed by atoms with Crippen LogP contribution < -0.4 is 10.6 Å². The summed E-state index contributed by atoms with van der Waals surface area (Å²) < 4.78 is 0. The zero-order chi connectivity index (χ0) is 17.9. The second-order valence-electron chi connectivity index (χ2n) is 5.24. The Labute approximate surface area is 143 Å². The van der Waals surface area contributed by atoms with Gasteiger partial charge >= 0.3 is 6.03 Å². The first-order valence-electron chi connectivity index (χ1n) is 7.63. The Morgan fingerprint density at radius 2 is 1.96 bits per heavy atom. The quantitative estimate of drug-likeness (QED) is 0.870. The van der Waals surface area contributed by atoms with Gasteiger partial charge in [0, 0.05) is 23.8 Å². The van der Waals surface area contributed by atoms with Gasteiger partial charge < -0.3 is 5.32 Å². The second-order valence-corrected chi connectivity index (χ2v) is 5.24. The van der Waals surface area contributed by atoms with Gasteiger partial charge in [-0.25, -0.2) is 9.78 Å². The van der Waals surface area contributed by atoms with Crippen molar-refractivity contribution in [3.63, 3.8) is 0 Å². The van der Waals surface area contributed by atoms with E-state index in [-0.39, 0.29) is 6.03 Å². The van der Waals surface area contributed by atoms with Crippen LogP contribution in [0.25, 0.3) is 5.57 Å². The molecule has 0 saturated carbocycles. The fraction of sp³-hybridized carbons (Fsp3) is 0.211. The van der Waals surface area contributed by atoms with E-state index in [1.165, 1.54) is 0 Å². The van der Waals surface area contributed by atoms with Crippen LogP contribution in [0.3, 0.4) is 0 Å². The van der Waals surface area contributed by atoms with E-state index in [4.69, 9.17) is 0 Å². The lowest BCUT2D eigenvalue weighted by Crippen LogP contribution is -2.27. The van der Waals surface area contributed by atoms with Crippen LogP contribution in [0.5, 0.6) is 0 Å². The topological polar surface area (TPSA) is 66.9 Å². The molecule has 0 saturated heterocycles. The normalized spacial score (nSPS) is 10.2. The molecule has 2 amide bonds. The van der Waals surface area contributed by atoms with E-state index in [1.807, 2.05) is 64.2 Å². The Kier molecular flexibility index (Phi) is 7.91. The maximum atomic E-state index is 11.4. The number of urea groups is 1. The van der Waals surface area contributed by atoms with Gasteiger partial charge in [-0.15, -0.1) is 0 Å². The number of nitrogens with zero attached hydrogens (tertiary/aromatic N) is 2. The summed E-state index contributed by atoms with van der Waals surface area (Å²) in [7, 11) is 0. The number of hydrogen-bond donors (Lipinski definition) is 2. The Bertz CT molecular complexity index is 708. The number of carbonyl (C=O) groups excluding carboxylic acids is 1. The van der Waals surface area contributed by atoms with E-state index in [0.29, 0.717) is 5.82 Å². The number of hydrogen-bond acceptors (Lipinski definition) is 3. The van der Waals surface area contributed by atoms with Crippen LogP contribution in [0.15, 0.2) is 61.1 Å². The van der Waals surface area contributed by atoms with Crippen molar-refractivity contribution in [3.8, 4) is 0 Å². The number of aromatic nitrogens is 2. The molecule has 2 N–H and O–H groups in total. The Balaban J connectivity index is 0.000000272. The number of anilines is 1. The molecule has 2 rings (SSSR count). The van der Waals surface area contributed by atoms with Crippen LogP contribution in [0.4, 0.5) is 10.6 Å². The Morgan fingerprint density at radius 3 is 2.46 bits per heavy atom. The summed E-state index contributed by atoms with van der Waals surface area (Å²) >= 11 is 0. The summed E-state index contributed by atoms with van der Waals surface area (Å²) in [5, 5.41) is 5.31. The molecular weight excluding hydrogens is 300 g/mol. The minimum atomic E-state index is -0.274. The first-order valence-corrected chi connectivity index (χ1v) is 7.63. The number of rotatable bonds is 3. The number of aryl methyl sites for hydroxylation is 1. The van der Waals surface area contributed by atoms with Crippen LogP contribution in [-0.4, -0.2) is 16.0 Å². The summed E-state index contributed by atoms with van der Waals surface area (Å²) in [6.07, 6.45) is 5.39. The van der Waals surface area contributed by atoms with Gasteiger partial charge in [-0.1, -0.05) is 24.8 Å². The third-order valence-corrected chi connectivity index (χ3v) is 3.03. The highest BCUT2D eigenvalue weighted by Gasteiger charge is 2.01. The third-order valence-electron chi connectivity index (χ3n) is 3.03. The van der Waals surface area contributed by atoms with Crippen molar-refractivity contribution < 1.29 is 4.79 Å². The predicted octanol–water partition coefficient (Wildman–Crippen LogP) is 4.55. The van der Waals surface area contributed by atoms with Crippen molar-refractivity contribution in [2.45, 2.75) is 27.7 Å². The molecule has 126 valence electrons. The molecule has 0 radical (unpaired) electrons. The zero-order valence-corrected chi connectivity index (χ0v) is 14.6. The number of carbonyl (C=O) groups is 1. The highest BCUT2D eigenvalue weighted by Crippen LogP contribution is 2.07. The monoisotopic (exact) mass is 324 g/mol. The molecule has 0 aliphatic heterocycles. The molecule has 0 aliphatic carbocycles. The maximum Gasteiger partial charge on any atom is 0.324 e. The molecule has 0 spiro atoms. The molecule has 2 heterocycles. The fourth-order valence-electron chi connectivity index (χ4n) is 1.63. The SMILES string of the molecule is C/C=C(\C)NC(=O)Nc1cccc(C)n1.C=C(C)c1cccnc1. The van der Waals surface area contributed by atoms with Crippen molar-refractivity contribution in [2.75, 3.05) is 5.32 Å². The summed E-state index contributed by atoms with van der Waals surface area (Å²) in [6, 6.07) is 9.10. The van der Waals surface area contributed by atoms with E-state index in [0.717, 1.165) is 22.5 Å². The number of allylic oxidation sites excluding steroid dienone is 3.